The number of methoxy groups -OCH3 is 1. The van der Waals surface area contributed by atoms with E-state index < -0.39 is 23.1 Å². The van der Waals surface area contributed by atoms with Crippen molar-refractivity contribution in [2.75, 3.05) is 7.11 Å². The van der Waals surface area contributed by atoms with Crippen LogP contribution in [0.1, 0.15) is 37.7 Å². The van der Waals surface area contributed by atoms with E-state index in [9.17, 15) is 14.7 Å². The van der Waals surface area contributed by atoms with Crippen LogP contribution in [0.3, 0.4) is 0 Å². The molecule has 1 aromatic carbocycles. The number of thioether (sulfide) groups is 1. The molecule has 1 N–H and O–H groups in total. The second-order valence-electron chi connectivity index (χ2n) is 6.02. The summed E-state index contributed by atoms with van der Waals surface area (Å²) >= 11 is 1.53. The number of carbonyl (C=O) groups is 1. The molecule has 0 spiro atoms. The average molecular weight is 362 g/mol. The fourth-order valence-corrected chi connectivity index (χ4v) is 3.24. The van der Waals surface area contributed by atoms with Gasteiger partial charge in [-0.15, -0.1) is 11.8 Å². The van der Waals surface area contributed by atoms with E-state index >= 15 is 0 Å². The van der Waals surface area contributed by atoms with E-state index in [0.717, 1.165) is 4.90 Å². The van der Waals surface area contributed by atoms with Crippen LogP contribution in [0.2, 0.25) is 0 Å². The van der Waals surface area contributed by atoms with E-state index in [1.807, 2.05) is 44.2 Å². The molecule has 0 aliphatic carbocycles. The Bertz CT molecular complexity index is 767. The Morgan fingerprint density at radius 1 is 1.28 bits per heavy atom. The summed E-state index contributed by atoms with van der Waals surface area (Å²) in [5, 5.41) is 10.1. The number of carbonyl (C=O) groups excluding carboxylic acids is 1. The van der Waals surface area contributed by atoms with Crippen LogP contribution in [0.5, 0.6) is 5.75 Å². The first-order valence-electron chi connectivity index (χ1n) is 8.03. The maximum Gasteiger partial charge on any atom is 0.306 e. The number of hydrogen-bond donors (Lipinski definition) is 1. The van der Waals surface area contributed by atoms with Gasteiger partial charge in [0.25, 0.3) is 0 Å². The number of benzene rings is 1. The van der Waals surface area contributed by atoms with Crippen molar-refractivity contribution in [1.29, 1.82) is 0 Å². The molecule has 0 aliphatic rings. The largest absolute Gasteiger partial charge is 0.502 e. The minimum Gasteiger partial charge on any atom is -0.502 e. The highest BCUT2D eigenvalue weighted by molar-refractivity contribution is 7.98. The molecule has 5 nitrogen and oxygen atoms in total. The Balaban J connectivity index is 2.29. The molecule has 0 saturated heterocycles. The van der Waals surface area contributed by atoms with Gasteiger partial charge in [-0.1, -0.05) is 32.0 Å². The van der Waals surface area contributed by atoms with Gasteiger partial charge in [-0.25, -0.2) is 0 Å². The lowest BCUT2D eigenvalue weighted by atomic mass is 9.89. The molecule has 25 heavy (non-hydrogen) atoms. The predicted octanol–water partition coefficient (Wildman–Crippen LogP) is 3.94. The molecule has 0 aliphatic heterocycles. The summed E-state index contributed by atoms with van der Waals surface area (Å²) in [7, 11) is 1.31. The predicted molar refractivity (Wildman–Crippen MR) is 96.9 cm³/mol. The number of hydrogen-bond acceptors (Lipinski definition) is 6. The molecule has 6 heteroatoms. The Hall–Kier alpha value is -2.21. The average Bonchev–Trinajstić information content (AvgIpc) is 2.61. The smallest absolute Gasteiger partial charge is 0.306 e. The van der Waals surface area contributed by atoms with Crippen molar-refractivity contribution >= 4 is 17.7 Å². The second-order valence-corrected chi connectivity index (χ2v) is 7.07. The minimum atomic E-state index is -0.500. The third-order valence-corrected chi connectivity index (χ3v) is 4.91. The molecule has 2 rings (SSSR count). The first-order chi connectivity index (χ1) is 11.9. The van der Waals surface area contributed by atoms with Gasteiger partial charge in [-0.05, 0) is 18.1 Å². The van der Waals surface area contributed by atoms with Gasteiger partial charge in [0.15, 0.2) is 5.76 Å². The standard InChI is InChI=1S/C19H22O5S/c1-12(2)15(10-17(21)23-3)19-18(22)16(20)9-13(24-19)11-25-14-7-5-4-6-8-14/h4-9,12,15,22H,10-11H2,1-3H3/t15-/m0/s1. The SMILES string of the molecule is COC(=O)C[C@H](c1oc(CSc2ccccc2)cc(=O)c1O)C(C)C. The monoisotopic (exact) mass is 362 g/mol. The van der Waals surface area contributed by atoms with Gasteiger partial charge >= 0.3 is 5.97 Å². The summed E-state index contributed by atoms with van der Waals surface area (Å²) in [6.45, 7) is 3.80. The van der Waals surface area contributed by atoms with Gasteiger partial charge in [-0.3, -0.25) is 9.59 Å². The van der Waals surface area contributed by atoms with Gasteiger partial charge in [0, 0.05) is 16.9 Å². The first kappa shape index (κ1) is 19.1. The molecule has 0 bridgehead atoms. The molecular weight excluding hydrogens is 340 g/mol. The van der Waals surface area contributed by atoms with Crippen LogP contribution in [0.15, 0.2) is 50.5 Å². The molecule has 0 fully saturated rings. The van der Waals surface area contributed by atoms with Crippen molar-refractivity contribution < 1.29 is 19.1 Å². The molecule has 0 saturated carbocycles. The third-order valence-electron chi connectivity index (χ3n) is 3.88. The van der Waals surface area contributed by atoms with Gasteiger partial charge in [0.1, 0.15) is 5.76 Å². The molecule has 0 radical (unpaired) electrons. The van der Waals surface area contributed by atoms with Crippen LogP contribution in [0.4, 0.5) is 0 Å². The van der Waals surface area contributed by atoms with E-state index in [1.165, 1.54) is 24.9 Å². The zero-order valence-corrected chi connectivity index (χ0v) is 15.3. The number of aromatic hydroxyl groups is 1. The summed E-state index contributed by atoms with van der Waals surface area (Å²) < 4.78 is 10.5. The van der Waals surface area contributed by atoms with Crippen LogP contribution in [-0.2, 0) is 15.3 Å². The van der Waals surface area contributed by atoms with Crippen LogP contribution in [-0.4, -0.2) is 18.2 Å². The first-order valence-corrected chi connectivity index (χ1v) is 9.01. The summed E-state index contributed by atoms with van der Waals surface area (Å²) in [6.07, 6.45) is 0.0416. The van der Waals surface area contributed by atoms with Gasteiger partial charge < -0.3 is 14.3 Å². The van der Waals surface area contributed by atoms with Crippen molar-refractivity contribution in [2.24, 2.45) is 5.92 Å². The van der Waals surface area contributed by atoms with E-state index in [2.05, 4.69) is 0 Å². The highest BCUT2D eigenvalue weighted by Gasteiger charge is 2.27. The maximum absolute atomic E-state index is 12.1. The number of rotatable bonds is 7. The Labute approximate surface area is 151 Å². The molecule has 0 amide bonds. The summed E-state index contributed by atoms with van der Waals surface area (Å²) in [4.78, 5) is 24.8. The van der Waals surface area contributed by atoms with Crippen LogP contribution < -0.4 is 5.43 Å². The van der Waals surface area contributed by atoms with E-state index in [-0.39, 0.29) is 18.1 Å². The van der Waals surface area contributed by atoms with Gasteiger partial charge in [0.2, 0.25) is 11.2 Å². The molecular formula is C19H22O5S. The van der Waals surface area contributed by atoms with Gasteiger partial charge in [0.05, 0.1) is 19.3 Å². The molecule has 2 aromatic rings. The number of esters is 1. The molecule has 1 aromatic heterocycles. The quantitative estimate of drug-likeness (QED) is 0.594. The summed E-state index contributed by atoms with van der Waals surface area (Å²) in [6, 6.07) is 11.0. The highest BCUT2D eigenvalue weighted by atomic mass is 32.2. The summed E-state index contributed by atoms with van der Waals surface area (Å²) in [5.74, 6) is -0.220. The second kappa shape index (κ2) is 8.76. The van der Waals surface area contributed by atoms with Crippen molar-refractivity contribution in [3.8, 4) is 5.75 Å². The minimum absolute atomic E-state index is 0.00910. The lowest BCUT2D eigenvalue weighted by Crippen LogP contribution is -2.16. The van der Waals surface area contributed by atoms with Crippen molar-refractivity contribution in [1.82, 2.24) is 0 Å². The van der Waals surface area contributed by atoms with Crippen molar-refractivity contribution in [3.05, 3.63) is 58.1 Å². The molecule has 0 unspecified atom stereocenters. The zero-order chi connectivity index (χ0) is 18.4. The maximum atomic E-state index is 12.1. The van der Waals surface area contributed by atoms with Gasteiger partial charge in [-0.2, -0.15) is 0 Å². The van der Waals surface area contributed by atoms with Crippen LogP contribution in [0.25, 0.3) is 0 Å². The van der Waals surface area contributed by atoms with E-state index in [0.29, 0.717) is 11.5 Å². The van der Waals surface area contributed by atoms with E-state index in [4.69, 9.17) is 9.15 Å². The number of ether oxygens (including phenoxy) is 1. The lowest BCUT2D eigenvalue weighted by Gasteiger charge is -2.20. The Morgan fingerprint density at radius 2 is 1.96 bits per heavy atom. The lowest BCUT2D eigenvalue weighted by molar-refractivity contribution is -0.141. The third kappa shape index (κ3) is 5.13. The Kier molecular flexibility index (Phi) is 6.70. The topological polar surface area (TPSA) is 76.7 Å². The van der Waals surface area contributed by atoms with Crippen molar-refractivity contribution in [3.63, 3.8) is 0 Å². The zero-order valence-electron chi connectivity index (χ0n) is 14.5. The fraction of sp³-hybridized carbons (Fsp3) is 0.368. The van der Waals surface area contributed by atoms with Crippen LogP contribution >= 0.6 is 11.8 Å². The summed E-state index contributed by atoms with van der Waals surface area (Å²) in [5.41, 5.74) is -0.500. The van der Waals surface area contributed by atoms with E-state index in [1.54, 1.807) is 0 Å². The van der Waals surface area contributed by atoms with Crippen LogP contribution in [0, 0.1) is 5.92 Å². The normalized spacial score (nSPS) is 12.2. The molecule has 1 atom stereocenters. The Morgan fingerprint density at radius 3 is 2.56 bits per heavy atom. The highest BCUT2D eigenvalue weighted by Crippen LogP contribution is 2.34. The molecule has 134 valence electrons. The van der Waals surface area contributed by atoms with Crippen molar-refractivity contribution in [2.45, 2.75) is 36.8 Å². The molecule has 1 heterocycles. The fourth-order valence-electron chi connectivity index (χ4n) is 2.44.